The summed E-state index contributed by atoms with van der Waals surface area (Å²) in [5.41, 5.74) is 2.95. The van der Waals surface area contributed by atoms with Gasteiger partial charge < -0.3 is 19.6 Å². The minimum Gasteiger partial charge on any atom is -0.497 e. The predicted molar refractivity (Wildman–Crippen MR) is 108 cm³/mol. The topological polar surface area (TPSA) is 71.9 Å². The zero-order valence-corrected chi connectivity index (χ0v) is 15.8. The smallest absolute Gasteiger partial charge is 0.225 e. The number of aromatic amines is 1. The summed E-state index contributed by atoms with van der Waals surface area (Å²) in [5, 5.41) is 4.21. The average molecular weight is 374 g/mol. The largest absolute Gasteiger partial charge is 0.497 e. The molecule has 1 atom stereocenters. The highest BCUT2D eigenvalue weighted by molar-refractivity contribution is 5.89. The Morgan fingerprint density at radius 1 is 1.21 bits per heavy atom. The van der Waals surface area contributed by atoms with Crippen LogP contribution in [0.15, 0.2) is 67.1 Å². The summed E-state index contributed by atoms with van der Waals surface area (Å²) in [4.78, 5) is 20.5. The lowest BCUT2D eigenvalue weighted by Crippen LogP contribution is -2.32. The van der Waals surface area contributed by atoms with Gasteiger partial charge in [-0.2, -0.15) is 0 Å². The van der Waals surface area contributed by atoms with E-state index in [0.29, 0.717) is 6.42 Å². The summed E-state index contributed by atoms with van der Waals surface area (Å²) in [6.07, 6.45) is 5.80. The second-order valence-electron chi connectivity index (χ2n) is 6.71. The number of ether oxygens (including phenoxy) is 1. The number of fused-ring (bicyclic) bond motifs is 1. The van der Waals surface area contributed by atoms with Gasteiger partial charge in [-0.3, -0.25) is 4.79 Å². The molecule has 2 heterocycles. The van der Waals surface area contributed by atoms with Crippen LogP contribution in [-0.4, -0.2) is 27.6 Å². The van der Waals surface area contributed by atoms with Crippen molar-refractivity contribution in [3.05, 3.63) is 84.1 Å². The molecule has 0 radical (unpaired) electrons. The van der Waals surface area contributed by atoms with E-state index in [4.69, 9.17) is 4.74 Å². The number of H-pyrrole nitrogens is 1. The van der Waals surface area contributed by atoms with E-state index >= 15 is 0 Å². The van der Waals surface area contributed by atoms with Crippen LogP contribution in [0.5, 0.6) is 5.75 Å². The van der Waals surface area contributed by atoms with Crippen molar-refractivity contribution in [2.24, 2.45) is 7.05 Å². The number of amides is 1. The first-order chi connectivity index (χ1) is 13.7. The molecule has 142 valence electrons. The van der Waals surface area contributed by atoms with E-state index < -0.39 is 0 Å². The van der Waals surface area contributed by atoms with E-state index in [9.17, 15) is 4.79 Å². The number of aryl methyl sites for hydroxylation is 1. The highest BCUT2D eigenvalue weighted by Crippen LogP contribution is 2.24. The maximum Gasteiger partial charge on any atom is 0.225 e. The van der Waals surface area contributed by atoms with Crippen molar-refractivity contribution in [2.45, 2.75) is 12.5 Å². The van der Waals surface area contributed by atoms with E-state index in [2.05, 4.69) is 15.3 Å². The number of nitrogens with one attached hydrogen (secondary N) is 2. The van der Waals surface area contributed by atoms with Crippen LogP contribution in [0.4, 0.5) is 0 Å². The van der Waals surface area contributed by atoms with Crippen LogP contribution in [0.3, 0.4) is 0 Å². The molecule has 0 saturated carbocycles. The maximum atomic E-state index is 12.9. The second kappa shape index (κ2) is 7.60. The molecule has 0 spiro atoms. The fraction of sp³-hybridized carbons (Fsp3) is 0.182. The molecule has 0 fully saturated rings. The van der Waals surface area contributed by atoms with Crippen molar-refractivity contribution in [1.82, 2.24) is 19.9 Å². The van der Waals surface area contributed by atoms with Gasteiger partial charge in [0, 0.05) is 36.5 Å². The van der Waals surface area contributed by atoms with Crippen LogP contribution in [0.2, 0.25) is 0 Å². The third-order valence-corrected chi connectivity index (χ3v) is 4.90. The Bertz CT molecular complexity index is 1100. The van der Waals surface area contributed by atoms with E-state index in [1.165, 1.54) is 0 Å². The number of rotatable bonds is 6. The monoisotopic (exact) mass is 374 g/mol. The molecule has 0 saturated heterocycles. The number of carbonyl (C=O) groups is 1. The van der Waals surface area contributed by atoms with Gasteiger partial charge in [0.1, 0.15) is 17.6 Å². The van der Waals surface area contributed by atoms with Gasteiger partial charge in [-0.05, 0) is 29.3 Å². The summed E-state index contributed by atoms with van der Waals surface area (Å²) >= 11 is 0. The number of para-hydroxylation sites is 1. The highest BCUT2D eigenvalue weighted by atomic mass is 16.5. The number of hydrogen-bond acceptors (Lipinski definition) is 3. The number of hydrogen-bond donors (Lipinski definition) is 2. The maximum absolute atomic E-state index is 12.9. The summed E-state index contributed by atoms with van der Waals surface area (Å²) in [5.74, 6) is 1.48. The first-order valence-electron chi connectivity index (χ1n) is 9.11. The molecular weight excluding hydrogens is 352 g/mol. The van der Waals surface area contributed by atoms with Gasteiger partial charge in [0.05, 0.1) is 13.5 Å². The first-order valence-corrected chi connectivity index (χ1v) is 9.11. The molecule has 1 unspecified atom stereocenters. The molecule has 2 aromatic heterocycles. The van der Waals surface area contributed by atoms with Gasteiger partial charge in [0.25, 0.3) is 0 Å². The second-order valence-corrected chi connectivity index (χ2v) is 6.71. The molecule has 6 heteroatoms. The third-order valence-electron chi connectivity index (χ3n) is 4.90. The fourth-order valence-electron chi connectivity index (χ4n) is 3.41. The Labute approximate surface area is 163 Å². The van der Waals surface area contributed by atoms with Crippen molar-refractivity contribution in [2.75, 3.05) is 7.11 Å². The predicted octanol–water partition coefficient (Wildman–Crippen LogP) is 3.36. The molecule has 28 heavy (non-hydrogen) atoms. The zero-order chi connectivity index (χ0) is 19.5. The van der Waals surface area contributed by atoms with E-state index in [-0.39, 0.29) is 11.9 Å². The number of aromatic nitrogens is 3. The molecule has 1 amide bonds. The van der Waals surface area contributed by atoms with Crippen molar-refractivity contribution < 1.29 is 9.53 Å². The quantitative estimate of drug-likeness (QED) is 0.544. The average Bonchev–Trinajstić information content (AvgIpc) is 3.33. The lowest BCUT2D eigenvalue weighted by atomic mass is 10.0. The van der Waals surface area contributed by atoms with Crippen molar-refractivity contribution in [3.8, 4) is 5.75 Å². The zero-order valence-electron chi connectivity index (χ0n) is 15.8. The normalized spacial score (nSPS) is 12.1. The molecule has 2 aromatic carbocycles. The van der Waals surface area contributed by atoms with Crippen LogP contribution >= 0.6 is 0 Å². The Morgan fingerprint density at radius 3 is 2.71 bits per heavy atom. The number of methoxy groups -OCH3 is 1. The number of imidazole rings is 1. The van der Waals surface area contributed by atoms with Crippen molar-refractivity contribution >= 4 is 16.8 Å². The SMILES string of the molecule is COc1ccc(C(NC(=O)Cc2c[nH]c3ccccc23)c2nccn2C)cc1. The van der Waals surface area contributed by atoms with Crippen LogP contribution in [0, 0.1) is 0 Å². The van der Waals surface area contributed by atoms with E-state index in [1.807, 2.05) is 72.5 Å². The molecule has 4 aromatic rings. The highest BCUT2D eigenvalue weighted by Gasteiger charge is 2.21. The van der Waals surface area contributed by atoms with Gasteiger partial charge in [0.2, 0.25) is 5.91 Å². The molecular formula is C22H22N4O2. The minimum atomic E-state index is -0.344. The minimum absolute atomic E-state index is 0.0615. The van der Waals surface area contributed by atoms with Crippen LogP contribution in [0.1, 0.15) is 23.0 Å². The van der Waals surface area contributed by atoms with Gasteiger partial charge >= 0.3 is 0 Å². The molecule has 4 rings (SSSR count). The van der Waals surface area contributed by atoms with E-state index in [0.717, 1.165) is 33.6 Å². The Balaban J connectivity index is 1.60. The molecule has 6 nitrogen and oxygen atoms in total. The Kier molecular flexibility index (Phi) is 4.85. The molecule has 0 aliphatic heterocycles. The first kappa shape index (κ1) is 17.9. The lowest BCUT2D eigenvalue weighted by Gasteiger charge is -2.19. The molecule has 0 bridgehead atoms. The summed E-state index contributed by atoms with van der Waals surface area (Å²) in [6, 6.07) is 15.3. The third kappa shape index (κ3) is 3.49. The van der Waals surface area contributed by atoms with Gasteiger partial charge in [0.15, 0.2) is 0 Å². The van der Waals surface area contributed by atoms with E-state index in [1.54, 1.807) is 13.3 Å². The summed E-state index contributed by atoms with van der Waals surface area (Å²) in [7, 11) is 3.55. The van der Waals surface area contributed by atoms with Crippen LogP contribution in [0.25, 0.3) is 10.9 Å². The molecule has 0 aliphatic rings. The van der Waals surface area contributed by atoms with Crippen molar-refractivity contribution in [1.29, 1.82) is 0 Å². The summed E-state index contributed by atoms with van der Waals surface area (Å²) in [6.45, 7) is 0. The van der Waals surface area contributed by atoms with Crippen LogP contribution in [-0.2, 0) is 18.3 Å². The fourth-order valence-corrected chi connectivity index (χ4v) is 3.41. The van der Waals surface area contributed by atoms with Crippen LogP contribution < -0.4 is 10.1 Å². The molecule has 2 N–H and O–H groups in total. The molecule has 0 aliphatic carbocycles. The summed E-state index contributed by atoms with van der Waals surface area (Å²) < 4.78 is 7.16. The van der Waals surface area contributed by atoms with Crippen molar-refractivity contribution in [3.63, 3.8) is 0 Å². The van der Waals surface area contributed by atoms with Gasteiger partial charge in [-0.25, -0.2) is 4.98 Å². The number of carbonyl (C=O) groups excluding carboxylic acids is 1. The Hall–Kier alpha value is -3.54. The number of benzene rings is 2. The number of nitrogens with zero attached hydrogens (tertiary/aromatic N) is 2. The van der Waals surface area contributed by atoms with Gasteiger partial charge in [-0.1, -0.05) is 30.3 Å². The lowest BCUT2D eigenvalue weighted by molar-refractivity contribution is -0.121. The standard InChI is InChI=1S/C22H22N4O2/c1-26-12-11-23-22(26)21(15-7-9-17(28-2)10-8-15)25-20(27)13-16-14-24-19-6-4-3-5-18(16)19/h3-12,14,21,24H,13H2,1-2H3,(H,25,27). The van der Waals surface area contributed by atoms with Gasteiger partial charge in [-0.15, -0.1) is 0 Å². The Morgan fingerprint density at radius 2 is 2.00 bits per heavy atom.